The van der Waals surface area contributed by atoms with E-state index in [1.54, 1.807) is 13.8 Å². The maximum atomic E-state index is 12.5. The molecule has 1 aromatic rings. The average Bonchev–Trinajstić information content (AvgIpc) is 2.46. The van der Waals surface area contributed by atoms with E-state index >= 15 is 0 Å². The van der Waals surface area contributed by atoms with Gasteiger partial charge in [-0.3, -0.25) is 4.79 Å². The molecule has 0 aromatic heterocycles. The van der Waals surface area contributed by atoms with Crippen LogP contribution in [-0.2, 0) is 14.8 Å². The zero-order valence-corrected chi connectivity index (χ0v) is 15.4. The first kappa shape index (κ1) is 18.9. The van der Waals surface area contributed by atoms with Crippen LogP contribution in [0, 0.1) is 20.8 Å². The first-order chi connectivity index (χ1) is 11.3. The van der Waals surface area contributed by atoms with E-state index in [4.69, 9.17) is 0 Å². The standard InChI is InChI=1S/C17H27N3O3S/c1-12-9-13(2)17(14(3)10-12)24(22,23)19-8-6-16(21)20-15-5-4-7-18-11-15/h9-10,15,18-19H,4-8,11H2,1-3H3,(H,20,21). The van der Waals surface area contributed by atoms with Gasteiger partial charge in [0.05, 0.1) is 4.90 Å². The van der Waals surface area contributed by atoms with E-state index in [9.17, 15) is 13.2 Å². The van der Waals surface area contributed by atoms with E-state index in [-0.39, 0.29) is 24.9 Å². The fourth-order valence-electron chi connectivity index (χ4n) is 3.24. The van der Waals surface area contributed by atoms with Crippen LogP contribution in [0.1, 0.15) is 36.0 Å². The minimum atomic E-state index is -3.61. The summed E-state index contributed by atoms with van der Waals surface area (Å²) in [7, 11) is -3.61. The predicted molar refractivity (Wildman–Crippen MR) is 94.5 cm³/mol. The molecule has 24 heavy (non-hydrogen) atoms. The summed E-state index contributed by atoms with van der Waals surface area (Å²) in [5, 5.41) is 6.17. The Hall–Kier alpha value is -1.44. The molecule has 1 aliphatic rings. The summed E-state index contributed by atoms with van der Waals surface area (Å²) in [6.45, 7) is 7.38. The van der Waals surface area contributed by atoms with Crippen molar-refractivity contribution in [3.8, 4) is 0 Å². The fraction of sp³-hybridized carbons (Fsp3) is 0.588. The van der Waals surface area contributed by atoms with E-state index in [2.05, 4.69) is 15.4 Å². The number of rotatable bonds is 6. The minimum absolute atomic E-state index is 0.0983. The molecule has 1 atom stereocenters. The van der Waals surface area contributed by atoms with Gasteiger partial charge in [-0.05, 0) is 51.3 Å². The molecule has 7 heteroatoms. The van der Waals surface area contributed by atoms with Crippen molar-refractivity contribution in [1.29, 1.82) is 0 Å². The van der Waals surface area contributed by atoms with Crippen molar-refractivity contribution in [2.45, 2.75) is 51.0 Å². The number of hydrogen-bond donors (Lipinski definition) is 3. The SMILES string of the molecule is Cc1cc(C)c(S(=O)(=O)NCCC(=O)NC2CCCNC2)c(C)c1. The smallest absolute Gasteiger partial charge is 0.241 e. The van der Waals surface area contributed by atoms with Crippen molar-refractivity contribution in [2.24, 2.45) is 0 Å². The lowest BCUT2D eigenvalue weighted by atomic mass is 10.1. The predicted octanol–water partition coefficient (Wildman–Crippen LogP) is 1.15. The van der Waals surface area contributed by atoms with Crippen molar-refractivity contribution >= 4 is 15.9 Å². The zero-order chi connectivity index (χ0) is 17.7. The number of sulfonamides is 1. The Morgan fingerprint density at radius 2 is 1.92 bits per heavy atom. The Balaban J connectivity index is 1.90. The van der Waals surface area contributed by atoms with Gasteiger partial charge in [0.2, 0.25) is 15.9 Å². The molecule has 1 unspecified atom stereocenters. The highest BCUT2D eigenvalue weighted by atomic mass is 32.2. The number of benzene rings is 1. The Labute approximate surface area is 144 Å². The van der Waals surface area contributed by atoms with Gasteiger partial charge in [-0.15, -0.1) is 0 Å². The molecule has 1 fully saturated rings. The van der Waals surface area contributed by atoms with Gasteiger partial charge in [0.25, 0.3) is 0 Å². The van der Waals surface area contributed by atoms with Crippen molar-refractivity contribution in [2.75, 3.05) is 19.6 Å². The van der Waals surface area contributed by atoms with Crippen LogP contribution in [0.15, 0.2) is 17.0 Å². The van der Waals surface area contributed by atoms with Gasteiger partial charge in [0.15, 0.2) is 0 Å². The number of hydrogen-bond acceptors (Lipinski definition) is 4. The Morgan fingerprint density at radius 1 is 1.25 bits per heavy atom. The lowest BCUT2D eigenvalue weighted by molar-refractivity contribution is -0.121. The van der Waals surface area contributed by atoms with Crippen LogP contribution in [0.5, 0.6) is 0 Å². The molecule has 0 radical (unpaired) electrons. The maximum absolute atomic E-state index is 12.5. The van der Waals surface area contributed by atoms with Gasteiger partial charge in [-0.1, -0.05) is 17.7 Å². The molecule has 3 N–H and O–H groups in total. The van der Waals surface area contributed by atoms with E-state index in [1.165, 1.54) is 0 Å². The van der Waals surface area contributed by atoms with Gasteiger partial charge in [-0.2, -0.15) is 0 Å². The van der Waals surface area contributed by atoms with Gasteiger partial charge >= 0.3 is 0 Å². The van der Waals surface area contributed by atoms with Crippen LogP contribution < -0.4 is 15.4 Å². The second-order valence-electron chi connectivity index (χ2n) is 6.49. The van der Waals surface area contributed by atoms with Crippen molar-refractivity contribution < 1.29 is 13.2 Å². The summed E-state index contributed by atoms with van der Waals surface area (Å²) in [6, 6.07) is 3.85. The number of carbonyl (C=O) groups is 1. The molecule has 1 heterocycles. The second kappa shape index (κ2) is 8.09. The largest absolute Gasteiger partial charge is 0.352 e. The second-order valence-corrected chi connectivity index (χ2v) is 8.19. The maximum Gasteiger partial charge on any atom is 0.241 e. The molecule has 2 rings (SSSR count). The van der Waals surface area contributed by atoms with Crippen LogP contribution in [0.3, 0.4) is 0 Å². The van der Waals surface area contributed by atoms with E-state index < -0.39 is 10.0 Å². The molecular weight excluding hydrogens is 326 g/mol. The third-order valence-electron chi connectivity index (χ3n) is 4.18. The monoisotopic (exact) mass is 353 g/mol. The topological polar surface area (TPSA) is 87.3 Å². The zero-order valence-electron chi connectivity index (χ0n) is 14.6. The Morgan fingerprint density at radius 3 is 2.50 bits per heavy atom. The number of nitrogens with one attached hydrogen (secondary N) is 3. The molecule has 0 saturated carbocycles. The quantitative estimate of drug-likeness (QED) is 0.716. The highest BCUT2D eigenvalue weighted by molar-refractivity contribution is 7.89. The van der Waals surface area contributed by atoms with Crippen LogP contribution in [0.4, 0.5) is 0 Å². The van der Waals surface area contributed by atoms with E-state index in [1.807, 2.05) is 19.1 Å². The molecule has 1 aliphatic heterocycles. The van der Waals surface area contributed by atoms with Gasteiger partial charge in [0, 0.05) is 25.6 Å². The van der Waals surface area contributed by atoms with Crippen molar-refractivity contribution in [3.05, 3.63) is 28.8 Å². The number of carbonyl (C=O) groups excluding carboxylic acids is 1. The molecule has 0 bridgehead atoms. The van der Waals surface area contributed by atoms with Crippen LogP contribution in [-0.4, -0.2) is 40.0 Å². The fourth-order valence-corrected chi connectivity index (χ4v) is 4.72. The highest BCUT2D eigenvalue weighted by Gasteiger charge is 2.20. The summed E-state index contributed by atoms with van der Waals surface area (Å²) in [5.41, 5.74) is 2.47. The van der Waals surface area contributed by atoms with Crippen molar-refractivity contribution in [1.82, 2.24) is 15.4 Å². The number of piperidine rings is 1. The molecule has 134 valence electrons. The summed E-state index contributed by atoms with van der Waals surface area (Å²) in [5.74, 6) is -0.122. The van der Waals surface area contributed by atoms with E-state index in [0.29, 0.717) is 4.90 Å². The average molecular weight is 353 g/mol. The summed E-state index contributed by atoms with van der Waals surface area (Å²) >= 11 is 0. The lowest BCUT2D eigenvalue weighted by Gasteiger charge is -2.23. The summed E-state index contributed by atoms with van der Waals surface area (Å²) in [4.78, 5) is 12.2. The Kier molecular flexibility index (Phi) is 6.37. The van der Waals surface area contributed by atoms with Crippen LogP contribution >= 0.6 is 0 Å². The van der Waals surface area contributed by atoms with Gasteiger partial charge in [-0.25, -0.2) is 13.1 Å². The van der Waals surface area contributed by atoms with Crippen LogP contribution in [0.2, 0.25) is 0 Å². The third-order valence-corrected chi connectivity index (χ3v) is 5.95. The summed E-state index contributed by atoms with van der Waals surface area (Å²) in [6.07, 6.45) is 2.15. The normalized spacial score (nSPS) is 18.4. The van der Waals surface area contributed by atoms with E-state index in [0.717, 1.165) is 42.6 Å². The van der Waals surface area contributed by atoms with Gasteiger partial charge in [0.1, 0.15) is 0 Å². The van der Waals surface area contributed by atoms with Crippen molar-refractivity contribution in [3.63, 3.8) is 0 Å². The number of aryl methyl sites for hydroxylation is 3. The first-order valence-electron chi connectivity index (χ1n) is 8.37. The molecule has 1 aromatic carbocycles. The molecule has 1 saturated heterocycles. The third kappa shape index (κ3) is 5.03. The van der Waals surface area contributed by atoms with Crippen LogP contribution in [0.25, 0.3) is 0 Å². The Bertz CT molecular complexity index is 672. The first-order valence-corrected chi connectivity index (χ1v) is 9.85. The molecule has 0 spiro atoms. The molecule has 0 aliphatic carbocycles. The molecular formula is C17H27N3O3S. The lowest BCUT2D eigenvalue weighted by Crippen LogP contribution is -2.46. The highest BCUT2D eigenvalue weighted by Crippen LogP contribution is 2.21. The van der Waals surface area contributed by atoms with Gasteiger partial charge < -0.3 is 10.6 Å². The minimum Gasteiger partial charge on any atom is -0.352 e. The number of amides is 1. The molecule has 6 nitrogen and oxygen atoms in total. The molecule has 1 amide bonds. The summed E-state index contributed by atoms with van der Waals surface area (Å²) < 4.78 is 27.5.